The second-order valence-corrected chi connectivity index (χ2v) is 26.4. The predicted octanol–water partition coefficient (Wildman–Crippen LogP) is 21.7. The molecule has 0 saturated heterocycles. The number of hydrogen-bond acceptors (Lipinski definition) is 7. The van der Waals surface area contributed by atoms with Gasteiger partial charge in [-0.25, -0.2) is 34.9 Å². The first-order chi connectivity index (χ1) is 52.9. The Morgan fingerprint density at radius 3 is 0.963 bits per heavy atom. The highest BCUT2D eigenvalue weighted by atomic mass is 15.1. The minimum absolute atomic E-state index is 0.931. The molecule has 0 aliphatic carbocycles. The number of hydrogen-bond donors (Lipinski definition) is 0. The van der Waals surface area contributed by atoms with E-state index in [0.29, 0.717) is 0 Å². The molecule has 0 amide bonds. The lowest BCUT2D eigenvalue weighted by atomic mass is 10.0. The van der Waals surface area contributed by atoms with Crippen molar-refractivity contribution >= 4 is 77.2 Å². The molecule has 0 aliphatic heterocycles. The average molecular weight is 1380 g/mol. The van der Waals surface area contributed by atoms with Crippen molar-refractivity contribution in [2.24, 2.45) is 0 Å². The first kappa shape index (κ1) is 63.3. The molecule has 21 aromatic rings. The summed E-state index contributed by atoms with van der Waals surface area (Å²) < 4.78 is 15.4. The Bertz CT molecular complexity index is 6800. The summed E-state index contributed by atoms with van der Waals surface area (Å²) >= 11 is 0. The maximum absolute atomic E-state index is 5.04. The van der Waals surface area contributed by atoms with Gasteiger partial charge in [-0.3, -0.25) is 32.0 Å². The summed E-state index contributed by atoms with van der Waals surface area (Å²) in [5.74, 6) is 2.81. The molecular weight excluding hydrogens is 1310 g/mol. The van der Waals surface area contributed by atoms with Gasteiger partial charge in [0.05, 0.1) is 106 Å². The van der Waals surface area contributed by atoms with Gasteiger partial charge in [-0.1, -0.05) is 194 Å². The van der Waals surface area contributed by atoms with E-state index >= 15 is 0 Å². The van der Waals surface area contributed by atoms with Gasteiger partial charge in [-0.2, -0.15) is 0 Å². The number of fused-ring (bicyclic) bond motifs is 7. The van der Waals surface area contributed by atoms with Crippen molar-refractivity contribution < 1.29 is 0 Å². The van der Waals surface area contributed by atoms with Crippen molar-refractivity contribution in [1.82, 2.24) is 66.9 Å². The second-order valence-electron chi connectivity index (χ2n) is 26.4. The highest BCUT2D eigenvalue weighted by Crippen LogP contribution is 2.39. The van der Waals surface area contributed by atoms with Crippen molar-refractivity contribution in [1.29, 1.82) is 0 Å². The fourth-order valence-electron chi connectivity index (χ4n) is 15.1. The Labute approximate surface area is 615 Å². The first-order valence-corrected chi connectivity index (χ1v) is 35.7. The van der Waals surface area contributed by atoms with Gasteiger partial charge in [0.25, 0.3) is 0 Å². The average Bonchev–Trinajstić information content (AvgIpc) is 1.66. The van der Waals surface area contributed by atoms with Gasteiger partial charge >= 0.3 is 0 Å². The van der Waals surface area contributed by atoms with Gasteiger partial charge in [0.2, 0.25) is 0 Å². The minimum atomic E-state index is 0.931. The van der Waals surface area contributed by atoms with Gasteiger partial charge in [-0.05, 0) is 176 Å². The van der Waals surface area contributed by atoms with Crippen LogP contribution in [0.2, 0.25) is 0 Å². The minimum Gasteiger partial charge on any atom is -0.299 e. The van der Waals surface area contributed by atoms with Crippen LogP contribution < -0.4 is 0 Å². The van der Waals surface area contributed by atoms with E-state index in [1.165, 1.54) is 0 Å². The molecule has 0 unspecified atom stereocenters. The number of aryl methyl sites for hydroxylation is 2. The molecule has 0 radical (unpaired) electrons. The normalized spacial score (nSPS) is 11.5. The molecule has 14 aromatic carbocycles. The lowest BCUT2D eigenvalue weighted by molar-refractivity contribution is 0.975. The summed E-state index contributed by atoms with van der Waals surface area (Å²) in [5.41, 5.74) is 29.9. The Balaban J connectivity index is 0.000000111. The summed E-state index contributed by atoms with van der Waals surface area (Å²) in [7, 11) is 0. The summed E-state index contributed by atoms with van der Waals surface area (Å²) in [6, 6.07) is 118. The summed E-state index contributed by atoms with van der Waals surface area (Å²) in [6.07, 6.45) is 7.59. The van der Waals surface area contributed by atoms with E-state index in [-0.39, 0.29) is 0 Å². The van der Waals surface area contributed by atoms with E-state index < -0.39 is 0 Å². The SMILES string of the molecule is Cc1nc2ccccc2n1-c1cc(-c2ccccc2-n2cnc3ccccc32)cc(-n2c(C)nc3ccccc32)c1.c1cc(-c2ccccc2-n2cnc3ccccc32)cc(-n2cnc3ccccc32)c1.c1ccc(-c2nc3ccccc3n2-c2ccccc2-c2cccc(-n3cnc4ccccc43)c2)cc1. The Morgan fingerprint density at radius 2 is 0.514 bits per heavy atom. The maximum atomic E-state index is 5.04. The van der Waals surface area contributed by atoms with Crippen molar-refractivity contribution in [2.45, 2.75) is 13.8 Å². The van der Waals surface area contributed by atoms with Crippen molar-refractivity contribution in [3.63, 3.8) is 0 Å². The van der Waals surface area contributed by atoms with Crippen LogP contribution in [0.4, 0.5) is 0 Å². The van der Waals surface area contributed by atoms with Crippen LogP contribution in [0.1, 0.15) is 11.6 Å². The Kier molecular flexibility index (Phi) is 15.9. The van der Waals surface area contributed by atoms with Crippen LogP contribution in [0.15, 0.2) is 365 Å². The molecule has 0 saturated carbocycles. The summed E-state index contributed by atoms with van der Waals surface area (Å²) in [6.45, 7) is 4.13. The molecule has 0 atom stereocenters. The lowest BCUT2D eigenvalue weighted by Crippen LogP contribution is -2.03. The largest absolute Gasteiger partial charge is 0.299 e. The maximum Gasteiger partial charge on any atom is 0.145 e. The van der Waals surface area contributed by atoms with Crippen LogP contribution in [-0.2, 0) is 0 Å². The van der Waals surface area contributed by atoms with E-state index in [1.807, 2.05) is 110 Å². The highest BCUT2D eigenvalue weighted by molar-refractivity contribution is 5.90. The molecule has 0 N–H and O–H groups in total. The molecule has 508 valence electrons. The summed E-state index contributed by atoms with van der Waals surface area (Å²) in [4.78, 5) is 33.2. The zero-order chi connectivity index (χ0) is 71.3. The van der Waals surface area contributed by atoms with Gasteiger partial charge in [0.1, 0.15) is 42.8 Å². The molecular formula is C93H66N14. The van der Waals surface area contributed by atoms with E-state index in [2.05, 4.69) is 321 Å². The molecule has 107 heavy (non-hydrogen) atoms. The highest BCUT2D eigenvalue weighted by Gasteiger charge is 2.21. The van der Waals surface area contributed by atoms with Crippen LogP contribution in [0.3, 0.4) is 0 Å². The van der Waals surface area contributed by atoms with E-state index in [0.717, 1.165) is 173 Å². The quantitative estimate of drug-likeness (QED) is 0.126. The lowest BCUT2D eigenvalue weighted by Gasteiger charge is -2.17. The van der Waals surface area contributed by atoms with Gasteiger partial charge in [0.15, 0.2) is 0 Å². The molecule has 7 aromatic heterocycles. The van der Waals surface area contributed by atoms with E-state index in [1.54, 1.807) is 0 Å². The molecule has 7 heterocycles. The molecule has 0 fully saturated rings. The standard InChI is InChI=1S/C35H26N6.C32H22N4.C26H18N4/c1-23-37-30-13-5-9-17-34(30)40(23)26-19-25(20-27(21-26)41-24(2)38-31-14-6-10-18-35(31)41)28-11-3-7-15-32(28)39-22-36-29-12-4-8-16-33(29)39;1-2-11-23(12-3-1)32-34-28-17-6-9-20-31(28)36(32)29-18-7-4-15-26(29)24-13-10-14-25(21-24)35-22-33-27-16-5-8-19-30(27)35;1-4-13-24(30-18-28-23-12-3-6-15-26(23)30)21(10-1)19-8-7-9-20(16-19)29-17-27-22-11-2-5-14-25(22)29/h3-22H,1-2H3;1-22H;1-18H. The number of imidazole rings is 7. The van der Waals surface area contributed by atoms with Crippen molar-refractivity contribution in [3.05, 3.63) is 377 Å². The first-order valence-electron chi connectivity index (χ1n) is 35.7. The third kappa shape index (κ3) is 11.5. The Morgan fingerprint density at radius 1 is 0.206 bits per heavy atom. The van der Waals surface area contributed by atoms with Crippen LogP contribution in [-0.4, -0.2) is 66.9 Å². The number of para-hydroxylation sites is 17. The molecule has 14 heteroatoms. The molecule has 14 nitrogen and oxygen atoms in total. The van der Waals surface area contributed by atoms with E-state index in [9.17, 15) is 0 Å². The van der Waals surface area contributed by atoms with Crippen LogP contribution >= 0.6 is 0 Å². The molecule has 0 bridgehead atoms. The fraction of sp³-hybridized carbons (Fsp3) is 0.0215. The van der Waals surface area contributed by atoms with Gasteiger partial charge in [-0.15, -0.1) is 0 Å². The third-order valence-electron chi connectivity index (χ3n) is 19.9. The van der Waals surface area contributed by atoms with Crippen LogP contribution in [0, 0.1) is 13.8 Å². The van der Waals surface area contributed by atoms with Gasteiger partial charge in [0, 0.05) is 33.6 Å². The summed E-state index contributed by atoms with van der Waals surface area (Å²) in [5, 5.41) is 0. The zero-order valence-corrected chi connectivity index (χ0v) is 58.4. The molecule has 21 rings (SSSR count). The monoisotopic (exact) mass is 1380 g/mol. The second kappa shape index (κ2) is 27.0. The zero-order valence-electron chi connectivity index (χ0n) is 58.4. The fourth-order valence-corrected chi connectivity index (χ4v) is 15.1. The number of benzene rings is 14. The molecule has 0 aliphatic rings. The van der Waals surface area contributed by atoms with Crippen molar-refractivity contribution in [3.8, 4) is 84.6 Å². The predicted molar refractivity (Wildman–Crippen MR) is 433 cm³/mol. The number of rotatable bonds is 11. The topological polar surface area (TPSA) is 125 Å². The van der Waals surface area contributed by atoms with E-state index in [4.69, 9.17) is 15.0 Å². The van der Waals surface area contributed by atoms with Crippen LogP contribution in [0.25, 0.3) is 162 Å². The molecule has 0 spiro atoms. The number of nitrogens with zero attached hydrogens (tertiary/aromatic N) is 14. The van der Waals surface area contributed by atoms with Gasteiger partial charge < -0.3 is 0 Å². The van der Waals surface area contributed by atoms with Crippen LogP contribution in [0.5, 0.6) is 0 Å². The smallest absolute Gasteiger partial charge is 0.145 e. The Hall–Kier alpha value is -14.6. The number of aromatic nitrogens is 14. The van der Waals surface area contributed by atoms with Crippen molar-refractivity contribution in [2.75, 3.05) is 0 Å². The third-order valence-corrected chi connectivity index (χ3v) is 19.9.